The summed E-state index contributed by atoms with van der Waals surface area (Å²) in [6, 6.07) is 3.99. The first kappa shape index (κ1) is 7.93. The van der Waals surface area contributed by atoms with Crippen LogP contribution >= 0.6 is 11.6 Å². The van der Waals surface area contributed by atoms with Crippen molar-refractivity contribution in [2.45, 2.75) is 26.4 Å². The quantitative estimate of drug-likeness (QED) is 0.600. The Bertz CT molecular complexity index is 320. The van der Waals surface area contributed by atoms with Gasteiger partial charge in [0.1, 0.15) is 11.9 Å². The summed E-state index contributed by atoms with van der Waals surface area (Å²) in [5.41, 5.74) is 2.35. The van der Waals surface area contributed by atoms with E-state index in [1.165, 1.54) is 5.56 Å². The summed E-state index contributed by atoms with van der Waals surface area (Å²) in [6.07, 6.45) is 1.31. The van der Waals surface area contributed by atoms with E-state index >= 15 is 0 Å². The molecule has 0 fully saturated rings. The predicted octanol–water partition coefficient (Wildman–Crippen LogP) is 2.97. The minimum Gasteiger partial charge on any atom is -0.490 e. The van der Waals surface area contributed by atoms with Crippen molar-refractivity contribution in [1.29, 1.82) is 0 Å². The van der Waals surface area contributed by atoms with Crippen LogP contribution in [0.15, 0.2) is 12.1 Å². The molecule has 1 aromatic rings. The molecule has 12 heavy (non-hydrogen) atoms. The molecule has 2 heteroatoms. The van der Waals surface area contributed by atoms with Crippen molar-refractivity contribution in [3.05, 3.63) is 28.3 Å². The number of halogens is 1. The van der Waals surface area contributed by atoms with Gasteiger partial charge < -0.3 is 4.74 Å². The maximum absolute atomic E-state index is 5.96. The average Bonchev–Trinajstić information content (AvgIpc) is 2.39. The lowest BCUT2D eigenvalue weighted by Gasteiger charge is -2.06. The van der Waals surface area contributed by atoms with Gasteiger partial charge in [0.25, 0.3) is 0 Å². The van der Waals surface area contributed by atoms with Crippen LogP contribution < -0.4 is 4.74 Å². The summed E-state index contributed by atoms with van der Waals surface area (Å²) in [7, 11) is 0. The van der Waals surface area contributed by atoms with Gasteiger partial charge in [0.05, 0.1) is 0 Å². The van der Waals surface area contributed by atoms with E-state index in [0.717, 1.165) is 22.8 Å². The van der Waals surface area contributed by atoms with Gasteiger partial charge in [-0.1, -0.05) is 17.7 Å². The van der Waals surface area contributed by atoms with Crippen LogP contribution in [0.3, 0.4) is 0 Å². The van der Waals surface area contributed by atoms with Crippen molar-refractivity contribution < 1.29 is 4.74 Å². The van der Waals surface area contributed by atoms with Gasteiger partial charge in [-0.05, 0) is 25.5 Å². The number of rotatable bonds is 0. The first-order valence-electron chi connectivity index (χ1n) is 4.13. The van der Waals surface area contributed by atoms with E-state index < -0.39 is 0 Å². The third kappa shape index (κ3) is 1.09. The van der Waals surface area contributed by atoms with Crippen molar-refractivity contribution in [2.24, 2.45) is 0 Å². The fourth-order valence-corrected chi connectivity index (χ4v) is 1.75. The number of fused-ring (bicyclic) bond motifs is 1. The van der Waals surface area contributed by atoms with Gasteiger partial charge in [-0.25, -0.2) is 0 Å². The Morgan fingerprint density at radius 2 is 2.25 bits per heavy atom. The molecule has 64 valence electrons. The first-order valence-corrected chi connectivity index (χ1v) is 4.51. The van der Waals surface area contributed by atoms with Gasteiger partial charge in [0, 0.05) is 17.0 Å². The molecule has 1 aliphatic rings. The molecule has 0 N–H and O–H groups in total. The monoisotopic (exact) mass is 182 g/mol. The SMILES string of the molecule is Cc1c(Cl)ccc2c1O[C@H](C)C2. The Balaban J connectivity index is 2.54. The maximum atomic E-state index is 5.96. The maximum Gasteiger partial charge on any atom is 0.127 e. The Kier molecular flexibility index (Phi) is 1.76. The topological polar surface area (TPSA) is 9.23 Å². The van der Waals surface area contributed by atoms with Gasteiger partial charge in [-0.2, -0.15) is 0 Å². The number of hydrogen-bond donors (Lipinski definition) is 0. The molecule has 0 spiro atoms. The molecule has 1 aromatic carbocycles. The molecular weight excluding hydrogens is 172 g/mol. The van der Waals surface area contributed by atoms with E-state index in [1.54, 1.807) is 0 Å². The molecule has 0 aromatic heterocycles. The van der Waals surface area contributed by atoms with Crippen LogP contribution in [0.5, 0.6) is 5.75 Å². The summed E-state index contributed by atoms with van der Waals surface area (Å²) < 4.78 is 5.63. The first-order chi connectivity index (χ1) is 5.68. The highest BCUT2D eigenvalue weighted by Gasteiger charge is 2.21. The van der Waals surface area contributed by atoms with Gasteiger partial charge in [0.2, 0.25) is 0 Å². The van der Waals surface area contributed by atoms with E-state index in [0.29, 0.717) is 6.10 Å². The predicted molar refractivity (Wildman–Crippen MR) is 50.0 cm³/mol. The smallest absolute Gasteiger partial charge is 0.127 e. The highest BCUT2D eigenvalue weighted by molar-refractivity contribution is 6.31. The lowest BCUT2D eigenvalue weighted by Crippen LogP contribution is -2.05. The molecule has 0 radical (unpaired) electrons. The molecule has 0 aliphatic carbocycles. The minimum atomic E-state index is 0.303. The summed E-state index contributed by atoms with van der Waals surface area (Å²) in [6.45, 7) is 4.08. The zero-order valence-corrected chi connectivity index (χ0v) is 7.98. The third-order valence-corrected chi connectivity index (χ3v) is 2.66. The van der Waals surface area contributed by atoms with Crippen molar-refractivity contribution in [3.8, 4) is 5.75 Å². The normalized spacial score (nSPS) is 20.4. The van der Waals surface area contributed by atoms with Crippen LogP contribution in [-0.2, 0) is 6.42 Å². The lowest BCUT2D eigenvalue weighted by atomic mass is 10.1. The van der Waals surface area contributed by atoms with Gasteiger partial charge in [-0.3, -0.25) is 0 Å². The number of ether oxygens (including phenoxy) is 1. The van der Waals surface area contributed by atoms with Crippen LogP contribution in [0.25, 0.3) is 0 Å². The van der Waals surface area contributed by atoms with Crippen LogP contribution in [-0.4, -0.2) is 6.10 Å². The zero-order valence-electron chi connectivity index (χ0n) is 7.23. The molecule has 1 nitrogen and oxygen atoms in total. The molecular formula is C10H11ClO. The molecule has 0 saturated carbocycles. The standard InChI is InChI=1S/C10H11ClO/c1-6-5-8-3-4-9(11)7(2)10(8)12-6/h3-4,6H,5H2,1-2H3/t6-/m1/s1. The van der Waals surface area contributed by atoms with E-state index in [9.17, 15) is 0 Å². The summed E-state index contributed by atoms with van der Waals surface area (Å²) >= 11 is 5.96. The summed E-state index contributed by atoms with van der Waals surface area (Å²) in [4.78, 5) is 0. The second kappa shape index (κ2) is 2.67. The van der Waals surface area contributed by atoms with Gasteiger partial charge >= 0.3 is 0 Å². The Labute approximate surface area is 77.3 Å². The third-order valence-electron chi connectivity index (χ3n) is 2.25. The van der Waals surface area contributed by atoms with Crippen molar-refractivity contribution in [2.75, 3.05) is 0 Å². The lowest BCUT2D eigenvalue weighted by molar-refractivity contribution is 0.253. The number of hydrogen-bond acceptors (Lipinski definition) is 1. The Morgan fingerprint density at radius 1 is 1.50 bits per heavy atom. The largest absolute Gasteiger partial charge is 0.490 e. The Hall–Kier alpha value is -0.690. The van der Waals surface area contributed by atoms with Crippen molar-refractivity contribution >= 4 is 11.6 Å². The second-order valence-electron chi connectivity index (χ2n) is 3.29. The average molecular weight is 183 g/mol. The van der Waals surface area contributed by atoms with E-state index in [-0.39, 0.29) is 0 Å². The fourth-order valence-electron chi connectivity index (χ4n) is 1.60. The molecule has 2 rings (SSSR count). The number of benzene rings is 1. The van der Waals surface area contributed by atoms with Crippen molar-refractivity contribution in [3.63, 3.8) is 0 Å². The molecule has 1 heterocycles. The highest BCUT2D eigenvalue weighted by Crippen LogP contribution is 2.35. The molecule has 1 atom stereocenters. The fraction of sp³-hybridized carbons (Fsp3) is 0.400. The molecule has 0 amide bonds. The highest BCUT2D eigenvalue weighted by atomic mass is 35.5. The van der Waals surface area contributed by atoms with Gasteiger partial charge in [0.15, 0.2) is 0 Å². The van der Waals surface area contributed by atoms with Crippen molar-refractivity contribution in [1.82, 2.24) is 0 Å². The molecule has 0 unspecified atom stereocenters. The minimum absolute atomic E-state index is 0.303. The van der Waals surface area contributed by atoms with Crippen LogP contribution in [0.2, 0.25) is 5.02 Å². The second-order valence-corrected chi connectivity index (χ2v) is 3.70. The van der Waals surface area contributed by atoms with E-state index in [4.69, 9.17) is 16.3 Å². The molecule has 1 aliphatic heterocycles. The summed E-state index contributed by atoms with van der Waals surface area (Å²) in [5.74, 6) is 0.995. The van der Waals surface area contributed by atoms with Crippen LogP contribution in [0.1, 0.15) is 18.1 Å². The Morgan fingerprint density at radius 3 is 3.00 bits per heavy atom. The molecule has 0 saturated heterocycles. The van der Waals surface area contributed by atoms with Gasteiger partial charge in [-0.15, -0.1) is 0 Å². The summed E-state index contributed by atoms with van der Waals surface area (Å²) in [5, 5.41) is 0.794. The van der Waals surface area contributed by atoms with E-state index in [2.05, 4.69) is 6.92 Å². The van der Waals surface area contributed by atoms with Crippen LogP contribution in [0, 0.1) is 6.92 Å². The molecule has 0 bridgehead atoms. The zero-order chi connectivity index (χ0) is 8.72. The van der Waals surface area contributed by atoms with E-state index in [1.807, 2.05) is 19.1 Å². The van der Waals surface area contributed by atoms with Crippen LogP contribution in [0.4, 0.5) is 0 Å².